The van der Waals surface area contributed by atoms with E-state index in [2.05, 4.69) is 45.5 Å². The average molecular weight is 447 g/mol. The molecule has 4 aromatic rings. The first-order valence-electron chi connectivity index (χ1n) is 10.9. The van der Waals surface area contributed by atoms with Gasteiger partial charge in [0.1, 0.15) is 21.3 Å². The van der Waals surface area contributed by atoms with Crippen LogP contribution in [-0.2, 0) is 0 Å². The zero-order valence-corrected chi connectivity index (χ0v) is 19.3. The Morgan fingerprint density at radius 3 is 2.53 bits per heavy atom. The van der Waals surface area contributed by atoms with Crippen molar-refractivity contribution in [2.45, 2.75) is 26.8 Å². The lowest BCUT2D eigenvalue weighted by Gasteiger charge is -2.35. The van der Waals surface area contributed by atoms with E-state index in [-0.39, 0.29) is 5.91 Å². The second-order valence-electron chi connectivity index (χ2n) is 8.32. The summed E-state index contributed by atoms with van der Waals surface area (Å²) in [7, 11) is 0. The molecule has 1 saturated heterocycles. The number of hydrogen-bond acceptors (Lipinski definition) is 6. The van der Waals surface area contributed by atoms with Crippen LogP contribution in [0.15, 0.2) is 48.9 Å². The zero-order valence-electron chi connectivity index (χ0n) is 18.5. The van der Waals surface area contributed by atoms with Gasteiger partial charge in [-0.25, -0.2) is 15.0 Å². The molecule has 0 spiro atoms. The fourth-order valence-electron chi connectivity index (χ4n) is 4.18. The number of fused-ring (bicyclic) bond motifs is 1. The molecule has 32 heavy (non-hydrogen) atoms. The van der Waals surface area contributed by atoms with Crippen molar-refractivity contribution in [1.82, 2.24) is 24.4 Å². The van der Waals surface area contributed by atoms with E-state index in [1.165, 1.54) is 11.3 Å². The minimum Gasteiger partial charge on any atom is -0.353 e. The lowest BCUT2D eigenvalue weighted by atomic mass is 10.2. The summed E-state index contributed by atoms with van der Waals surface area (Å²) in [6, 6.07) is 10.2. The number of nitrogens with zero attached hydrogens (tertiary/aromatic N) is 6. The first-order chi connectivity index (χ1) is 15.5. The maximum atomic E-state index is 13.3. The summed E-state index contributed by atoms with van der Waals surface area (Å²) in [6.45, 7) is 9.13. The van der Waals surface area contributed by atoms with Crippen LogP contribution in [0, 0.1) is 6.92 Å². The summed E-state index contributed by atoms with van der Waals surface area (Å²) in [5.74, 6) is 1.03. The van der Waals surface area contributed by atoms with E-state index in [1.807, 2.05) is 42.3 Å². The molecule has 5 rings (SSSR count). The third-order valence-corrected chi connectivity index (χ3v) is 7.09. The minimum atomic E-state index is 0.0673. The summed E-state index contributed by atoms with van der Waals surface area (Å²) in [6.07, 6.45) is 5.74. The second kappa shape index (κ2) is 8.35. The number of amides is 1. The monoisotopic (exact) mass is 446 g/mol. The summed E-state index contributed by atoms with van der Waals surface area (Å²) in [5.41, 5.74) is 2.77. The highest BCUT2D eigenvalue weighted by Crippen LogP contribution is 2.35. The van der Waals surface area contributed by atoms with Crippen molar-refractivity contribution in [2.24, 2.45) is 0 Å². The van der Waals surface area contributed by atoms with Gasteiger partial charge in [0.05, 0.1) is 5.69 Å². The largest absolute Gasteiger partial charge is 0.353 e. The van der Waals surface area contributed by atoms with Gasteiger partial charge in [-0.05, 0) is 45.0 Å². The number of piperazine rings is 1. The van der Waals surface area contributed by atoms with Crippen LogP contribution in [0.3, 0.4) is 0 Å². The highest BCUT2D eigenvalue weighted by molar-refractivity contribution is 7.17. The van der Waals surface area contributed by atoms with Crippen molar-refractivity contribution in [3.63, 3.8) is 0 Å². The zero-order chi connectivity index (χ0) is 22.2. The molecule has 5 heterocycles. The van der Waals surface area contributed by atoms with Crippen LogP contribution in [0.2, 0.25) is 0 Å². The molecular formula is C24H26N6OS. The molecule has 0 radical (unpaired) electrons. The number of aryl methyl sites for hydroxylation is 1. The van der Waals surface area contributed by atoms with Crippen molar-refractivity contribution < 1.29 is 4.79 Å². The van der Waals surface area contributed by atoms with Gasteiger partial charge in [-0.15, -0.1) is 11.3 Å². The predicted molar refractivity (Wildman–Crippen MR) is 128 cm³/mol. The molecule has 8 heteroatoms. The molecule has 1 aliphatic rings. The smallest absolute Gasteiger partial charge is 0.265 e. The van der Waals surface area contributed by atoms with Crippen molar-refractivity contribution in [3.05, 3.63) is 59.5 Å². The Labute approximate surface area is 191 Å². The van der Waals surface area contributed by atoms with E-state index in [1.54, 1.807) is 6.20 Å². The van der Waals surface area contributed by atoms with Crippen molar-refractivity contribution >= 4 is 34.1 Å². The van der Waals surface area contributed by atoms with Crippen LogP contribution in [0.25, 0.3) is 21.6 Å². The third-order valence-electron chi connectivity index (χ3n) is 5.91. The number of hydrogen-bond donors (Lipinski definition) is 0. The first-order valence-corrected chi connectivity index (χ1v) is 11.7. The maximum absolute atomic E-state index is 13.3. The lowest BCUT2D eigenvalue weighted by molar-refractivity contribution is 0.0750. The van der Waals surface area contributed by atoms with Gasteiger partial charge in [-0.2, -0.15) is 0 Å². The Kier molecular flexibility index (Phi) is 5.38. The molecule has 4 aromatic heterocycles. The standard InChI is InChI=1S/C24H26N6OS/c1-16(2)30-15-19(18-7-6-10-26-22(18)30)23-27-17(3)21(32-23)24(31)29-13-11-28(12-14-29)20-8-4-5-9-25-20/h4-10,15-16H,11-14H2,1-3H3. The van der Waals surface area contributed by atoms with Gasteiger partial charge < -0.3 is 14.4 Å². The van der Waals surface area contributed by atoms with Crippen LogP contribution in [-0.4, -0.2) is 56.5 Å². The third kappa shape index (κ3) is 3.64. The number of carbonyl (C=O) groups is 1. The highest BCUT2D eigenvalue weighted by atomic mass is 32.1. The molecule has 7 nitrogen and oxygen atoms in total. The number of anilines is 1. The van der Waals surface area contributed by atoms with E-state index in [0.717, 1.165) is 51.1 Å². The normalized spacial score (nSPS) is 14.5. The van der Waals surface area contributed by atoms with Crippen molar-refractivity contribution in [2.75, 3.05) is 31.1 Å². The molecule has 0 aliphatic carbocycles. The number of thiazole rings is 1. The quantitative estimate of drug-likeness (QED) is 0.465. The Morgan fingerprint density at radius 1 is 1.03 bits per heavy atom. The van der Waals surface area contributed by atoms with Crippen LogP contribution in [0.1, 0.15) is 35.3 Å². The molecule has 164 valence electrons. The summed E-state index contributed by atoms with van der Waals surface area (Å²) >= 11 is 1.48. The number of rotatable bonds is 4. The van der Waals surface area contributed by atoms with Gasteiger partial charge in [-0.3, -0.25) is 4.79 Å². The van der Waals surface area contributed by atoms with Crippen LogP contribution >= 0.6 is 11.3 Å². The molecular weight excluding hydrogens is 420 g/mol. The van der Waals surface area contributed by atoms with Crippen LogP contribution in [0.4, 0.5) is 5.82 Å². The molecule has 1 amide bonds. The van der Waals surface area contributed by atoms with Crippen molar-refractivity contribution in [3.8, 4) is 10.6 Å². The van der Waals surface area contributed by atoms with E-state index < -0.39 is 0 Å². The van der Waals surface area contributed by atoms with E-state index in [9.17, 15) is 4.79 Å². The Bertz CT molecular complexity index is 1250. The summed E-state index contributed by atoms with van der Waals surface area (Å²) in [4.78, 5) is 32.0. The number of carbonyl (C=O) groups excluding carboxylic acids is 1. The maximum Gasteiger partial charge on any atom is 0.265 e. The molecule has 1 aliphatic heterocycles. The van der Waals surface area contributed by atoms with Gasteiger partial charge in [0, 0.05) is 61.8 Å². The Morgan fingerprint density at radius 2 is 1.81 bits per heavy atom. The molecule has 0 atom stereocenters. The SMILES string of the molecule is Cc1nc(-c2cn(C(C)C)c3ncccc23)sc1C(=O)N1CCN(c2ccccn2)CC1. The van der Waals surface area contributed by atoms with E-state index in [0.29, 0.717) is 19.1 Å². The molecule has 1 fully saturated rings. The van der Waals surface area contributed by atoms with Gasteiger partial charge >= 0.3 is 0 Å². The molecule has 0 N–H and O–H groups in total. The summed E-state index contributed by atoms with van der Waals surface area (Å²) < 4.78 is 2.17. The van der Waals surface area contributed by atoms with Gasteiger partial charge in [0.25, 0.3) is 5.91 Å². The minimum absolute atomic E-state index is 0.0673. The van der Waals surface area contributed by atoms with Gasteiger partial charge in [0.2, 0.25) is 0 Å². The fraction of sp³-hybridized carbons (Fsp3) is 0.333. The molecule has 0 bridgehead atoms. The molecule has 0 unspecified atom stereocenters. The topological polar surface area (TPSA) is 67.2 Å². The van der Waals surface area contributed by atoms with Crippen LogP contribution < -0.4 is 4.90 Å². The molecule has 0 aromatic carbocycles. The predicted octanol–water partition coefficient (Wildman–Crippen LogP) is 4.41. The van der Waals surface area contributed by atoms with Crippen molar-refractivity contribution in [1.29, 1.82) is 0 Å². The lowest BCUT2D eigenvalue weighted by Crippen LogP contribution is -2.49. The number of pyridine rings is 2. The Balaban J connectivity index is 1.39. The van der Waals surface area contributed by atoms with Crippen LogP contribution in [0.5, 0.6) is 0 Å². The van der Waals surface area contributed by atoms with Gasteiger partial charge in [0.15, 0.2) is 0 Å². The summed E-state index contributed by atoms with van der Waals surface area (Å²) in [5, 5.41) is 1.94. The second-order valence-corrected chi connectivity index (χ2v) is 9.32. The fourth-order valence-corrected chi connectivity index (χ4v) is 5.24. The van der Waals surface area contributed by atoms with E-state index in [4.69, 9.17) is 4.98 Å². The van der Waals surface area contributed by atoms with E-state index >= 15 is 0 Å². The first kappa shape index (κ1) is 20.6. The molecule has 0 saturated carbocycles. The van der Waals surface area contributed by atoms with Gasteiger partial charge in [-0.1, -0.05) is 6.07 Å². The Hall–Kier alpha value is -3.26. The highest BCUT2D eigenvalue weighted by Gasteiger charge is 2.27. The number of aromatic nitrogens is 4. The average Bonchev–Trinajstić information content (AvgIpc) is 3.40.